The van der Waals surface area contributed by atoms with Gasteiger partial charge in [-0.3, -0.25) is 9.59 Å². The summed E-state index contributed by atoms with van der Waals surface area (Å²) < 4.78 is 0. The molecule has 0 aliphatic rings. The first-order chi connectivity index (χ1) is 11.6. The van der Waals surface area contributed by atoms with E-state index in [-0.39, 0.29) is 11.7 Å². The van der Waals surface area contributed by atoms with E-state index in [0.717, 1.165) is 19.3 Å². The Labute approximate surface area is 149 Å². The maximum Gasteiger partial charge on any atom is 0.289 e. The molecule has 3 nitrogen and oxygen atoms in total. The Balaban J connectivity index is 3.29. The Morgan fingerprint density at radius 1 is 0.708 bits per heavy atom. The average Bonchev–Trinajstić information content (AvgIpc) is 2.57. The quantitative estimate of drug-likeness (QED) is 0.206. The lowest BCUT2D eigenvalue weighted by Crippen LogP contribution is -2.29. The lowest BCUT2D eigenvalue weighted by atomic mass is 10.1. The van der Waals surface area contributed by atoms with E-state index in [0.29, 0.717) is 6.42 Å². The molecule has 1 amide bonds. The van der Waals surface area contributed by atoms with E-state index in [1.54, 1.807) is 14.1 Å². The van der Waals surface area contributed by atoms with Crippen molar-refractivity contribution in [3.8, 4) is 0 Å². The van der Waals surface area contributed by atoms with Gasteiger partial charge < -0.3 is 4.90 Å². The first kappa shape index (κ1) is 22.9. The van der Waals surface area contributed by atoms with Gasteiger partial charge in [0.2, 0.25) is 5.78 Å². The van der Waals surface area contributed by atoms with Crippen LogP contribution in [0, 0.1) is 0 Å². The molecule has 0 atom stereocenters. The minimum atomic E-state index is -0.370. The van der Waals surface area contributed by atoms with Gasteiger partial charge >= 0.3 is 0 Å². The first-order valence-electron chi connectivity index (χ1n) is 9.99. The molecule has 0 bridgehead atoms. The molecule has 3 heteroatoms. The van der Waals surface area contributed by atoms with Crippen LogP contribution in [-0.4, -0.2) is 30.7 Å². The van der Waals surface area contributed by atoms with E-state index in [2.05, 4.69) is 19.1 Å². The summed E-state index contributed by atoms with van der Waals surface area (Å²) in [6, 6.07) is 0. The maximum atomic E-state index is 11.5. The highest BCUT2D eigenvalue weighted by Crippen LogP contribution is 2.10. The van der Waals surface area contributed by atoms with Crippen LogP contribution < -0.4 is 0 Å². The smallest absolute Gasteiger partial charge is 0.289 e. The second-order valence-electron chi connectivity index (χ2n) is 6.96. The van der Waals surface area contributed by atoms with Crippen LogP contribution in [0.5, 0.6) is 0 Å². The van der Waals surface area contributed by atoms with E-state index in [4.69, 9.17) is 0 Å². The van der Waals surface area contributed by atoms with Crippen molar-refractivity contribution in [2.75, 3.05) is 14.1 Å². The molecule has 0 aromatic rings. The highest BCUT2D eigenvalue weighted by Gasteiger charge is 2.14. The van der Waals surface area contributed by atoms with Crippen molar-refractivity contribution < 1.29 is 9.59 Å². The fraction of sp³-hybridized carbons (Fsp3) is 0.810. The minimum absolute atomic E-state index is 0.252. The van der Waals surface area contributed by atoms with E-state index >= 15 is 0 Å². The number of likely N-dealkylation sites (N-methyl/N-ethyl adjacent to an activating group) is 1. The molecule has 0 radical (unpaired) electrons. The number of rotatable bonds is 16. The van der Waals surface area contributed by atoms with Gasteiger partial charge in [0.25, 0.3) is 5.91 Å². The van der Waals surface area contributed by atoms with E-state index in [9.17, 15) is 9.59 Å². The summed E-state index contributed by atoms with van der Waals surface area (Å²) in [7, 11) is 3.25. The van der Waals surface area contributed by atoms with Crippen LogP contribution in [-0.2, 0) is 9.59 Å². The van der Waals surface area contributed by atoms with Crippen LogP contribution >= 0.6 is 0 Å². The number of carbonyl (C=O) groups excluding carboxylic acids is 2. The number of Topliss-reactive ketones (excluding diaryl/α,β-unsaturated/α-hetero) is 1. The van der Waals surface area contributed by atoms with Gasteiger partial charge in [-0.25, -0.2) is 0 Å². The molecule has 0 saturated heterocycles. The van der Waals surface area contributed by atoms with Crippen molar-refractivity contribution in [3.05, 3.63) is 12.2 Å². The van der Waals surface area contributed by atoms with Gasteiger partial charge in [0.15, 0.2) is 0 Å². The van der Waals surface area contributed by atoms with Crippen molar-refractivity contribution in [2.24, 2.45) is 0 Å². The highest BCUT2D eigenvalue weighted by molar-refractivity contribution is 6.35. The lowest BCUT2D eigenvalue weighted by Gasteiger charge is -2.08. The third-order valence-electron chi connectivity index (χ3n) is 4.31. The summed E-state index contributed by atoms with van der Waals surface area (Å²) in [6.45, 7) is 2.26. The van der Waals surface area contributed by atoms with Crippen LogP contribution in [0.25, 0.3) is 0 Å². The molecule has 24 heavy (non-hydrogen) atoms. The molecule has 0 aliphatic carbocycles. The van der Waals surface area contributed by atoms with Crippen LogP contribution in [0.2, 0.25) is 0 Å². The Hall–Kier alpha value is -1.12. The standard InChI is InChI=1S/C21H39NO2/c1-4-5-6-7-8-9-10-11-12-13-14-15-16-17-18-19-20(23)21(24)22(2)3/h11-12H,4-10,13-19H2,1-3H3. The largest absolute Gasteiger partial charge is 0.342 e. The fourth-order valence-corrected chi connectivity index (χ4v) is 2.71. The summed E-state index contributed by atoms with van der Waals surface area (Å²) in [6.07, 6.45) is 21.2. The molecule has 0 rings (SSSR count). The zero-order valence-electron chi connectivity index (χ0n) is 16.3. The van der Waals surface area contributed by atoms with Gasteiger partial charge in [-0.05, 0) is 32.1 Å². The molecule has 0 unspecified atom stereocenters. The minimum Gasteiger partial charge on any atom is -0.342 e. The normalized spacial score (nSPS) is 11.1. The third-order valence-corrected chi connectivity index (χ3v) is 4.31. The number of amides is 1. The van der Waals surface area contributed by atoms with E-state index < -0.39 is 0 Å². The van der Waals surface area contributed by atoms with Gasteiger partial charge in [0.05, 0.1) is 0 Å². The van der Waals surface area contributed by atoms with Crippen molar-refractivity contribution >= 4 is 11.7 Å². The summed E-state index contributed by atoms with van der Waals surface area (Å²) in [5.74, 6) is -0.622. The fourth-order valence-electron chi connectivity index (χ4n) is 2.71. The number of unbranched alkanes of at least 4 members (excludes halogenated alkanes) is 11. The summed E-state index contributed by atoms with van der Waals surface area (Å²) in [5.41, 5.74) is 0. The van der Waals surface area contributed by atoms with Crippen LogP contribution in [0.1, 0.15) is 96.8 Å². The Kier molecular flexibility index (Phi) is 15.9. The van der Waals surface area contributed by atoms with Crippen molar-refractivity contribution in [2.45, 2.75) is 96.8 Å². The Bertz CT molecular complexity index is 348. The van der Waals surface area contributed by atoms with Crippen molar-refractivity contribution in [1.82, 2.24) is 4.90 Å². The summed E-state index contributed by atoms with van der Waals surface area (Å²) >= 11 is 0. The first-order valence-corrected chi connectivity index (χ1v) is 9.99. The monoisotopic (exact) mass is 337 g/mol. The highest BCUT2D eigenvalue weighted by atomic mass is 16.2. The topological polar surface area (TPSA) is 37.4 Å². The zero-order valence-corrected chi connectivity index (χ0v) is 16.3. The molecule has 0 aromatic carbocycles. The maximum absolute atomic E-state index is 11.5. The second-order valence-corrected chi connectivity index (χ2v) is 6.96. The van der Waals surface area contributed by atoms with Gasteiger partial charge in [0, 0.05) is 20.5 Å². The van der Waals surface area contributed by atoms with Crippen LogP contribution in [0.4, 0.5) is 0 Å². The summed E-state index contributed by atoms with van der Waals surface area (Å²) in [5, 5.41) is 0. The number of nitrogens with zero attached hydrogens (tertiary/aromatic N) is 1. The third kappa shape index (κ3) is 14.5. The van der Waals surface area contributed by atoms with Crippen molar-refractivity contribution in [1.29, 1.82) is 0 Å². The molecule has 0 N–H and O–H groups in total. The van der Waals surface area contributed by atoms with Gasteiger partial charge in [-0.1, -0.05) is 70.4 Å². The SMILES string of the molecule is CCCCCCCCC=CCCCCCCCC(=O)C(=O)N(C)C. The molecule has 0 heterocycles. The van der Waals surface area contributed by atoms with Crippen LogP contribution in [0.15, 0.2) is 12.2 Å². The van der Waals surface area contributed by atoms with E-state index in [1.807, 2.05) is 0 Å². The Morgan fingerprint density at radius 3 is 1.67 bits per heavy atom. The molecular weight excluding hydrogens is 298 g/mol. The predicted octanol–water partition coefficient (Wildman–Crippen LogP) is 5.68. The number of hydrogen-bond acceptors (Lipinski definition) is 2. The number of allylic oxidation sites excluding steroid dienone is 2. The average molecular weight is 338 g/mol. The van der Waals surface area contributed by atoms with Gasteiger partial charge in [-0.15, -0.1) is 0 Å². The van der Waals surface area contributed by atoms with Gasteiger partial charge in [-0.2, -0.15) is 0 Å². The molecule has 0 aromatic heterocycles. The van der Waals surface area contributed by atoms with Crippen molar-refractivity contribution in [3.63, 3.8) is 0 Å². The molecule has 0 aliphatic heterocycles. The Morgan fingerprint density at radius 2 is 1.17 bits per heavy atom. The van der Waals surface area contributed by atoms with Crippen LogP contribution in [0.3, 0.4) is 0 Å². The number of carbonyl (C=O) groups is 2. The lowest BCUT2D eigenvalue weighted by molar-refractivity contribution is -0.143. The molecular formula is C21H39NO2. The molecule has 140 valence electrons. The zero-order chi connectivity index (χ0) is 18.0. The molecule has 0 fully saturated rings. The predicted molar refractivity (Wildman–Crippen MR) is 103 cm³/mol. The second kappa shape index (κ2) is 16.7. The summed E-state index contributed by atoms with van der Waals surface area (Å²) in [4.78, 5) is 24.3. The van der Waals surface area contributed by atoms with E-state index in [1.165, 1.54) is 69.1 Å². The molecule has 0 spiro atoms. The molecule has 0 saturated carbocycles. The number of ketones is 1. The number of hydrogen-bond donors (Lipinski definition) is 0. The van der Waals surface area contributed by atoms with Gasteiger partial charge in [0.1, 0.15) is 0 Å².